The first-order chi connectivity index (χ1) is 12.3. The summed E-state index contributed by atoms with van der Waals surface area (Å²) in [4.78, 5) is 4.63. The van der Waals surface area contributed by atoms with E-state index in [2.05, 4.69) is 28.6 Å². The van der Waals surface area contributed by atoms with Gasteiger partial charge in [0.15, 0.2) is 5.96 Å². The van der Waals surface area contributed by atoms with Crippen molar-refractivity contribution in [3.63, 3.8) is 0 Å². The summed E-state index contributed by atoms with van der Waals surface area (Å²) in [7, 11) is 1.70. The molecule has 0 aromatic heterocycles. The molecule has 1 rings (SSSR count). The molecule has 0 spiro atoms. The highest BCUT2D eigenvalue weighted by atomic mass is 16.5. The smallest absolute Gasteiger partial charge is 0.191 e. The zero-order valence-corrected chi connectivity index (χ0v) is 15.8. The number of benzene rings is 1. The number of rotatable bonds is 13. The van der Waals surface area contributed by atoms with Crippen molar-refractivity contribution in [3.8, 4) is 5.75 Å². The highest BCUT2D eigenvalue weighted by Crippen LogP contribution is 2.14. The van der Waals surface area contributed by atoms with Crippen LogP contribution in [0, 0.1) is 0 Å². The molecule has 1 aromatic carbocycles. The van der Waals surface area contributed by atoms with Gasteiger partial charge in [0.2, 0.25) is 0 Å². The third-order valence-electron chi connectivity index (χ3n) is 3.39. The monoisotopic (exact) mass is 351 g/mol. The Morgan fingerprint density at radius 2 is 1.96 bits per heavy atom. The van der Waals surface area contributed by atoms with Crippen molar-refractivity contribution >= 4 is 5.96 Å². The predicted octanol–water partition coefficient (Wildman–Crippen LogP) is 2.58. The maximum Gasteiger partial charge on any atom is 0.191 e. The maximum absolute atomic E-state index is 5.73. The molecule has 0 aliphatic carbocycles. The Morgan fingerprint density at radius 1 is 1.08 bits per heavy atom. The van der Waals surface area contributed by atoms with Gasteiger partial charge in [0, 0.05) is 46.4 Å². The molecule has 1 aromatic rings. The zero-order valence-electron chi connectivity index (χ0n) is 15.8. The predicted molar refractivity (Wildman–Crippen MR) is 102 cm³/mol. The van der Waals surface area contributed by atoms with E-state index in [4.69, 9.17) is 14.2 Å². The Kier molecular flexibility index (Phi) is 12.4. The summed E-state index contributed by atoms with van der Waals surface area (Å²) >= 11 is 0. The van der Waals surface area contributed by atoms with Crippen molar-refractivity contribution < 1.29 is 14.2 Å². The quantitative estimate of drug-likeness (QED) is 0.325. The molecule has 142 valence electrons. The lowest BCUT2D eigenvalue weighted by Gasteiger charge is -2.11. The van der Waals surface area contributed by atoms with E-state index < -0.39 is 0 Å². The molecule has 25 heavy (non-hydrogen) atoms. The molecule has 0 saturated carbocycles. The van der Waals surface area contributed by atoms with Gasteiger partial charge in [-0.3, -0.25) is 0 Å². The van der Waals surface area contributed by atoms with Crippen LogP contribution in [-0.2, 0) is 16.0 Å². The Labute approximate surface area is 152 Å². The van der Waals surface area contributed by atoms with Crippen LogP contribution in [0.3, 0.4) is 0 Å². The Bertz CT molecular complexity index is 481. The van der Waals surface area contributed by atoms with E-state index in [1.54, 1.807) is 7.11 Å². The van der Waals surface area contributed by atoms with Gasteiger partial charge in [0.05, 0.1) is 13.2 Å². The SMILES string of the molecule is CCNC(=NCc1cccc(OCCCOC)c1)NCCCOCC. The van der Waals surface area contributed by atoms with Gasteiger partial charge in [-0.1, -0.05) is 12.1 Å². The maximum atomic E-state index is 5.73. The van der Waals surface area contributed by atoms with Crippen LogP contribution in [0.25, 0.3) is 0 Å². The topological polar surface area (TPSA) is 64.1 Å². The second-order valence-electron chi connectivity index (χ2n) is 5.51. The average molecular weight is 351 g/mol. The van der Waals surface area contributed by atoms with Gasteiger partial charge in [0.25, 0.3) is 0 Å². The fourth-order valence-corrected chi connectivity index (χ4v) is 2.16. The average Bonchev–Trinajstić information content (AvgIpc) is 2.63. The molecule has 0 amide bonds. The van der Waals surface area contributed by atoms with E-state index in [0.717, 1.165) is 56.4 Å². The number of methoxy groups -OCH3 is 1. The summed E-state index contributed by atoms with van der Waals surface area (Å²) in [6.07, 6.45) is 1.85. The lowest BCUT2D eigenvalue weighted by Crippen LogP contribution is -2.38. The van der Waals surface area contributed by atoms with Crippen molar-refractivity contribution in [2.75, 3.05) is 46.6 Å². The molecule has 0 aliphatic heterocycles. The number of hydrogen-bond acceptors (Lipinski definition) is 4. The van der Waals surface area contributed by atoms with Crippen molar-refractivity contribution in [2.24, 2.45) is 4.99 Å². The minimum atomic E-state index is 0.607. The van der Waals surface area contributed by atoms with E-state index in [0.29, 0.717) is 19.8 Å². The Balaban J connectivity index is 2.45. The van der Waals surface area contributed by atoms with Gasteiger partial charge < -0.3 is 24.8 Å². The summed E-state index contributed by atoms with van der Waals surface area (Å²) in [6, 6.07) is 8.06. The van der Waals surface area contributed by atoms with E-state index >= 15 is 0 Å². The first kappa shape index (κ1) is 21.3. The molecule has 0 radical (unpaired) electrons. The highest BCUT2D eigenvalue weighted by molar-refractivity contribution is 5.79. The van der Waals surface area contributed by atoms with Crippen molar-refractivity contribution in [2.45, 2.75) is 33.2 Å². The highest BCUT2D eigenvalue weighted by Gasteiger charge is 2.00. The second kappa shape index (κ2) is 14.5. The molecule has 6 nitrogen and oxygen atoms in total. The molecule has 0 atom stereocenters. The normalized spacial score (nSPS) is 11.4. The standard InChI is InChI=1S/C19H33N3O3/c1-4-20-19(21-11-7-13-24-5-2)22-16-17-9-6-10-18(15-17)25-14-8-12-23-3/h6,9-10,15H,4-5,7-8,11-14,16H2,1-3H3,(H2,20,21,22). The fraction of sp³-hybridized carbons (Fsp3) is 0.632. The molecule has 2 N–H and O–H groups in total. The van der Waals surface area contributed by atoms with Gasteiger partial charge >= 0.3 is 0 Å². The minimum Gasteiger partial charge on any atom is -0.493 e. The van der Waals surface area contributed by atoms with Crippen LogP contribution >= 0.6 is 0 Å². The summed E-state index contributed by atoms with van der Waals surface area (Å²) in [5, 5.41) is 6.59. The molecule has 0 heterocycles. The Hall–Kier alpha value is -1.79. The molecular weight excluding hydrogens is 318 g/mol. The molecule has 0 fully saturated rings. The lowest BCUT2D eigenvalue weighted by atomic mass is 10.2. The third-order valence-corrected chi connectivity index (χ3v) is 3.39. The number of nitrogens with one attached hydrogen (secondary N) is 2. The largest absolute Gasteiger partial charge is 0.493 e. The number of hydrogen-bond donors (Lipinski definition) is 2. The molecule has 0 saturated heterocycles. The van der Waals surface area contributed by atoms with Crippen molar-refractivity contribution in [3.05, 3.63) is 29.8 Å². The summed E-state index contributed by atoms with van der Waals surface area (Å²) < 4.78 is 16.1. The van der Waals surface area contributed by atoms with E-state index in [1.807, 2.05) is 25.1 Å². The Morgan fingerprint density at radius 3 is 2.72 bits per heavy atom. The van der Waals surface area contributed by atoms with E-state index in [-0.39, 0.29) is 0 Å². The van der Waals surface area contributed by atoms with Crippen molar-refractivity contribution in [1.29, 1.82) is 0 Å². The van der Waals surface area contributed by atoms with E-state index in [9.17, 15) is 0 Å². The van der Waals surface area contributed by atoms with Gasteiger partial charge in [-0.2, -0.15) is 0 Å². The molecular formula is C19H33N3O3. The van der Waals surface area contributed by atoms with Crippen LogP contribution in [0.2, 0.25) is 0 Å². The minimum absolute atomic E-state index is 0.607. The zero-order chi connectivity index (χ0) is 18.2. The van der Waals surface area contributed by atoms with Crippen LogP contribution < -0.4 is 15.4 Å². The summed E-state index contributed by atoms with van der Waals surface area (Å²) in [6.45, 7) is 9.25. The van der Waals surface area contributed by atoms with Gasteiger partial charge in [0.1, 0.15) is 5.75 Å². The van der Waals surface area contributed by atoms with Crippen LogP contribution in [0.4, 0.5) is 0 Å². The van der Waals surface area contributed by atoms with Crippen LogP contribution in [0.15, 0.2) is 29.3 Å². The molecule has 6 heteroatoms. The van der Waals surface area contributed by atoms with Gasteiger partial charge in [-0.15, -0.1) is 0 Å². The number of ether oxygens (including phenoxy) is 3. The molecule has 0 unspecified atom stereocenters. The van der Waals surface area contributed by atoms with E-state index in [1.165, 1.54) is 0 Å². The summed E-state index contributed by atoms with van der Waals surface area (Å²) in [5.74, 6) is 1.70. The second-order valence-corrected chi connectivity index (χ2v) is 5.51. The summed E-state index contributed by atoms with van der Waals surface area (Å²) in [5.41, 5.74) is 1.12. The van der Waals surface area contributed by atoms with Gasteiger partial charge in [-0.25, -0.2) is 4.99 Å². The lowest BCUT2D eigenvalue weighted by molar-refractivity contribution is 0.145. The number of aliphatic imine (C=N–C) groups is 1. The first-order valence-corrected chi connectivity index (χ1v) is 9.10. The van der Waals surface area contributed by atoms with Gasteiger partial charge in [-0.05, 0) is 38.0 Å². The number of guanidine groups is 1. The molecule has 0 aliphatic rings. The number of nitrogens with zero attached hydrogens (tertiary/aromatic N) is 1. The molecule has 0 bridgehead atoms. The third kappa shape index (κ3) is 10.6. The van der Waals surface area contributed by atoms with Crippen molar-refractivity contribution in [1.82, 2.24) is 10.6 Å². The fourth-order valence-electron chi connectivity index (χ4n) is 2.16. The van der Waals surface area contributed by atoms with Crippen LogP contribution in [0.1, 0.15) is 32.3 Å². The van der Waals surface area contributed by atoms with Crippen LogP contribution in [0.5, 0.6) is 5.75 Å². The first-order valence-electron chi connectivity index (χ1n) is 9.10. The van der Waals surface area contributed by atoms with Crippen LogP contribution in [-0.4, -0.2) is 52.6 Å².